The smallest absolute Gasteiger partial charge is 0.407 e. The average molecular weight is 889 g/mol. The van der Waals surface area contributed by atoms with Crippen LogP contribution in [0.1, 0.15) is 63.0 Å². The van der Waals surface area contributed by atoms with Crippen LogP contribution in [0.4, 0.5) is 18.4 Å². The van der Waals surface area contributed by atoms with Crippen molar-refractivity contribution in [3.63, 3.8) is 0 Å². The van der Waals surface area contributed by atoms with Crippen LogP contribution in [0.25, 0.3) is 67.8 Å². The Bertz CT molecular complexity index is 2980. The van der Waals surface area contributed by atoms with E-state index in [1.54, 1.807) is 61.4 Å². The number of nitrogens with one attached hydrogen (secondary N) is 4. The molecule has 6 heterocycles. The number of ether oxygens (including phenoxy) is 2. The fourth-order valence-corrected chi connectivity index (χ4v) is 8.64. The number of hydrogen-bond donors (Lipinski definition) is 5. The molecule has 2 aliphatic rings. The van der Waals surface area contributed by atoms with E-state index in [0.29, 0.717) is 68.0 Å². The highest BCUT2D eigenvalue weighted by molar-refractivity contribution is 5.92. The number of benzene rings is 2. The number of fused-ring (bicyclic) bond motifs is 5. The first-order chi connectivity index (χ1) is 31.0. The van der Waals surface area contributed by atoms with Crippen LogP contribution in [0.5, 0.6) is 5.75 Å². The largest absolute Gasteiger partial charge is 0.465 e. The maximum absolute atomic E-state index is 14.8. The number of rotatable bonds is 10. The molecule has 5 N–H and O–H groups in total. The van der Waals surface area contributed by atoms with E-state index in [2.05, 4.69) is 25.6 Å². The van der Waals surface area contributed by atoms with Gasteiger partial charge in [-0.15, -0.1) is 0 Å². The number of aromatic amines is 2. The second-order valence-electron chi connectivity index (χ2n) is 17.1. The van der Waals surface area contributed by atoms with E-state index in [1.165, 1.54) is 16.2 Å². The molecule has 1 saturated carbocycles. The van der Waals surface area contributed by atoms with Crippen LogP contribution >= 0.6 is 0 Å². The molecule has 17 nitrogen and oxygen atoms in total. The standard InChI is InChI=1S/C46H46F2N10O7/c1-24(2)37(53-43(61)62)41(59)56-18-6-8-33(56)39-49-23-32(52-39)27-10-12-28-35-22-30(55-58(35)46(65-36(28)21-27)16-14-45(47,48)15-17-46)26-11-13-29-31(20-26)51-40(50-29)34-9-7-19-57(34)42(60)38(25(3)4)54-44(63)64-5/h6-13,18-25,37-38,53H,14-17H2,1-5H3,(H,49,52)(H,50,51)(H,54,63)(H,61,62)/t37-,38-/m0/s1. The molecule has 0 unspecified atom stereocenters. The summed E-state index contributed by atoms with van der Waals surface area (Å²) in [5.74, 6) is -2.93. The Labute approximate surface area is 370 Å². The molecule has 2 amide bonds. The molecule has 0 bridgehead atoms. The molecule has 9 rings (SSSR count). The van der Waals surface area contributed by atoms with Crippen molar-refractivity contribution in [2.45, 2.75) is 77.1 Å². The third kappa shape index (κ3) is 7.80. The lowest BCUT2D eigenvalue weighted by molar-refractivity contribution is -0.133. The van der Waals surface area contributed by atoms with Crippen LogP contribution in [-0.2, 0) is 10.5 Å². The van der Waals surface area contributed by atoms with Crippen molar-refractivity contribution in [3.05, 3.63) is 85.3 Å². The van der Waals surface area contributed by atoms with Crippen molar-refractivity contribution in [2.75, 3.05) is 7.11 Å². The third-order valence-corrected chi connectivity index (χ3v) is 12.1. The van der Waals surface area contributed by atoms with E-state index < -0.39 is 41.8 Å². The van der Waals surface area contributed by atoms with Crippen molar-refractivity contribution in [2.24, 2.45) is 11.8 Å². The van der Waals surface area contributed by atoms with Gasteiger partial charge in [0.25, 0.3) is 11.8 Å². The van der Waals surface area contributed by atoms with E-state index in [9.17, 15) is 33.1 Å². The van der Waals surface area contributed by atoms with Crippen molar-refractivity contribution in [3.8, 4) is 62.6 Å². The van der Waals surface area contributed by atoms with Crippen LogP contribution in [-0.4, -0.2) is 93.1 Å². The lowest BCUT2D eigenvalue weighted by atomic mass is 9.87. The number of H-pyrrole nitrogens is 2. The van der Waals surface area contributed by atoms with Gasteiger partial charge < -0.3 is 35.2 Å². The van der Waals surface area contributed by atoms with Gasteiger partial charge in [0.2, 0.25) is 11.6 Å². The molecule has 0 radical (unpaired) electrons. The van der Waals surface area contributed by atoms with Gasteiger partial charge >= 0.3 is 12.2 Å². The second-order valence-corrected chi connectivity index (χ2v) is 17.1. The molecule has 1 aliphatic carbocycles. The Balaban J connectivity index is 1.04. The van der Waals surface area contributed by atoms with E-state index in [4.69, 9.17) is 19.6 Å². The maximum atomic E-state index is 14.8. The topological polar surface area (TPSA) is 216 Å². The highest BCUT2D eigenvalue weighted by Gasteiger charge is 2.50. The van der Waals surface area contributed by atoms with Crippen molar-refractivity contribution in [1.29, 1.82) is 0 Å². The SMILES string of the molecule is COC(=O)N[C@H](C(=O)n1cccc1-c1nc2ccc(-c3cc4n(n3)C3(CCC(F)(F)CC3)Oc3cc(-c5cnc(-c6cccn6C(=O)[C@@H](NC(=O)O)C(C)C)[nH]5)ccc3-4)cc2[nH]1)C(C)C. The van der Waals surface area contributed by atoms with Crippen LogP contribution in [0.15, 0.2) is 85.3 Å². The molecule has 0 saturated heterocycles. The predicted octanol–water partition coefficient (Wildman–Crippen LogP) is 8.63. The van der Waals surface area contributed by atoms with E-state index in [1.807, 2.05) is 56.3 Å². The lowest BCUT2D eigenvalue weighted by Gasteiger charge is -2.43. The summed E-state index contributed by atoms with van der Waals surface area (Å²) >= 11 is 0. The van der Waals surface area contributed by atoms with Crippen LogP contribution in [0.2, 0.25) is 0 Å². The van der Waals surface area contributed by atoms with Gasteiger partial charge in [0.05, 0.1) is 52.8 Å². The fraction of sp³-hybridized carbons (Fsp3) is 0.326. The number of imidazole rings is 2. The molecule has 1 fully saturated rings. The quantitative estimate of drug-likeness (QED) is 0.0881. The Hall–Kier alpha value is -7.57. The molecule has 1 spiro atoms. The summed E-state index contributed by atoms with van der Waals surface area (Å²) in [5, 5.41) is 19.3. The summed E-state index contributed by atoms with van der Waals surface area (Å²) < 4.78 is 45.6. The normalized spacial score (nSPS) is 15.9. The Morgan fingerprint density at radius 3 is 2.09 bits per heavy atom. The minimum Gasteiger partial charge on any atom is -0.465 e. The number of hydrogen-bond acceptors (Lipinski definition) is 9. The van der Waals surface area contributed by atoms with Crippen LogP contribution < -0.4 is 15.4 Å². The summed E-state index contributed by atoms with van der Waals surface area (Å²) in [7, 11) is 1.24. The summed E-state index contributed by atoms with van der Waals surface area (Å²) in [6.07, 6.45) is 2.02. The maximum Gasteiger partial charge on any atom is 0.407 e. The first-order valence-corrected chi connectivity index (χ1v) is 21.2. The molecule has 19 heteroatoms. The van der Waals surface area contributed by atoms with E-state index in [0.717, 1.165) is 5.56 Å². The molecule has 5 aromatic heterocycles. The monoisotopic (exact) mass is 888 g/mol. The van der Waals surface area contributed by atoms with E-state index >= 15 is 0 Å². The second kappa shape index (κ2) is 16.2. The van der Waals surface area contributed by atoms with Gasteiger partial charge in [0, 0.05) is 54.8 Å². The number of carbonyl (C=O) groups is 4. The molecule has 2 aromatic carbocycles. The van der Waals surface area contributed by atoms with E-state index in [-0.39, 0.29) is 43.4 Å². The molecular formula is C46H46F2N10O7. The number of alkyl carbamates (subject to hydrolysis) is 1. The fourth-order valence-electron chi connectivity index (χ4n) is 8.64. The number of carboxylic acid groups (broad SMARTS) is 1. The predicted molar refractivity (Wildman–Crippen MR) is 234 cm³/mol. The van der Waals surface area contributed by atoms with Crippen molar-refractivity contribution in [1.82, 2.24) is 49.5 Å². The number of alkyl halides is 2. The van der Waals surface area contributed by atoms with Gasteiger partial charge in [-0.25, -0.2) is 33.0 Å². The summed E-state index contributed by atoms with van der Waals surface area (Å²) in [5.41, 5.74) is 5.02. The van der Waals surface area contributed by atoms with Gasteiger partial charge in [0.15, 0.2) is 11.6 Å². The highest BCUT2D eigenvalue weighted by Crippen LogP contribution is 2.51. The molecule has 336 valence electrons. The van der Waals surface area contributed by atoms with Gasteiger partial charge in [-0.05, 0) is 66.4 Å². The van der Waals surface area contributed by atoms with Gasteiger partial charge in [0.1, 0.15) is 17.8 Å². The zero-order chi connectivity index (χ0) is 45.9. The highest BCUT2D eigenvalue weighted by atomic mass is 19.3. The zero-order valence-electron chi connectivity index (χ0n) is 36.1. The molecular weight excluding hydrogens is 843 g/mol. The summed E-state index contributed by atoms with van der Waals surface area (Å²) in [6, 6.07) is 18.1. The number of carbonyl (C=O) groups excluding carboxylic acids is 3. The first kappa shape index (κ1) is 42.7. The third-order valence-electron chi connectivity index (χ3n) is 12.1. The lowest BCUT2D eigenvalue weighted by Crippen LogP contribution is -2.48. The molecule has 65 heavy (non-hydrogen) atoms. The van der Waals surface area contributed by atoms with Gasteiger partial charge in [-0.1, -0.05) is 39.8 Å². The van der Waals surface area contributed by atoms with Gasteiger partial charge in [-0.3, -0.25) is 18.7 Å². The molecule has 2 atom stereocenters. The Kier molecular flexibility index (Phi) is 10.7. The molecule has 1 aliphatic heterocycles. The Morgan fingerprint density at radius 1 is 0.800 bits per heavy atom. The summed E-state index contributed by atoms with van der Waals surface area (Å²) in [4.78, 5) is 66.6. The van der Waals surface area contributed by atoms with Crippen molar-refractivity contribution < 1.29 is 42.5 Å². The summed E-state index contributed by atoms with van der Waals surface area (Å²) in [6.45, 7) is 7.15. The number of amides is 2. The minimum absolute atomic E-state index is 0.0131. The zero-order valence-corrected chi connectivity index (χ0v) is 36.1. The Morgan fingerprint density at radius 2 is 1.45 bits per heavy atom. The average Bonchev–Trinajstić information content (AvgIpc) is 4.13. The number of halogens is 2. The first-order valence-electron chi connectivity index (χ1n) is 21.2. The minimum atomic E-state index is -2.85. The number of methoxy groups -OCH3 is 1. The van der Waals surface area contributed by atoms with Gasteiger partial charge in [-0.2, -0.15) is 5.10 Å². The van der Waals surface area contributed by atoms with Crippen molar-refractivity contribution >= 4 is 35.0 Å². The van der Waals surface area contributed by atoms with Crippen LogP contribution in [0, 0.1) is 11.8 Å². The van der Waals surface area contributed by atoms with Crippen LogP contribution in [0.3, 0.4) is 0 Å². The number of nitrogens with zero attached hydrogens (tertiary/aromatic N) is 6. The molecule has 7 aromatic rings. The number of aromatic nitrogens is 8.